The molecule has 1 spiro atoms. The highest BCUT2D eigenvalue weighted by molar-refractivity contribution is 5.78. The Morgan fingerprint density at radius 3 is 2.78 bits per heavy atom. The highest BCUT2D eigenvalue weighted by atomic mass is 16.5. The summed E-state index contributed by atoms with van der Waals surface area (Å²) in [6.07, 6.45) is 9.72. The number of ether oxygens (including phenoxy) is 1. The zero-order chi connectivity index (χ0) is 12.4. The van der Waals surface area contributed by atoms with Crippen LogP contribution < -0.4 is 10.6 Å². The lowest BCUT2D eigenvalue weighted by Gasteiger charge is -2.24. The van der Waals surface area contributed by atoms with Gasteiger partial charge >= 0.3 is 0 Å². The van der Waals surface area contributed by atoms with Crippen LogP contribution in [0.25, 0.3) is 0 Å². The van der Waals surface area contributed by atoms with E-state index in [1.54, 1.807) is 0 Å². The molecule has 2 aliphatic heterocycles. The molecule has 2 unspecified atom stereocenters. The van der Waals surface area contributed by atoms with E-state index in [0.29, 0.717) is 18.6 Å². The first kappa shape index (κ1) is 12.4. The van der Waals surface area contributed by atoms with Crippen LogP contribution in [-0.4, -0.2) is 36.7 Å². The molecular formula is C14H24N2O2. The fourth-order valence-electron chi connectivity index (χ4n) is 3.68. The Morgan fingerprint density at radius 1 is 1.22 bits per heavy atom. The maximum atomic E-state index is 11.1. The summed E-state index contributed by atoms with van der Waals surface area (Å²) in [5.41, 5.74) is 0.244. The molecule has 1 saturated carbocycles. The molecule has 102 valence electrons. The Labute approximate surface area is 109 Å². The van der Waals surface area contributed by atoms with Crippen molar-refractivity contribution in [3.05, 3.63) is 0 Å². The Hall–Kier alpha value is -0.610. The summed E-state index contributed by atoms with van der Waals surface area (Å²) in [5, 5.41) is 6.44. The van der Waals surface area contributed by atoms with Crippen LogP contribution in [0.15, 0.2) is 0 Å². The van der Waals surface area contributed by atoms with Gasteiger partial charge in [-0.15, -0.1) is 0 Å². The predicted molar refractivity (Wildman–Crippen MR) is 69.3 cm³/mol. The van der Waals surface area contributed by atoms with Crippen molar-refractivity contribution in [2.75, 3.05) is 13.1 Å². The smallest absolute Gasteiger partial charge is 0.220 e. The Morgan fingerprint density at radius 2 is 2.06 bits per heavy atom. The lowest BCUT2D eigenvalue weighted by Crippen LogP contribution is -2.39. The molecule has 2 heterocycles. The van der Waals surface area contributed by atoms with E-state index in [1.165, 1.54) is 38.5 Å². The van der Waals surface area contributed by atoms with Crippen molar-refractivity contribution in [1.29, 1.82) is 0 Å². The number of hydrogen-bond donors (Lipinski definition) is 2. The van der Waals surface area contributed by atoms with Crippen molar-refractivity contribution < 1.29 is 9.53 Å². The van der Waals surface area contributed by atoms with E-state index in [9.17, 15) is 4.79 Å². The summed E-state index contributed by atoms with van der Waals surface area (Å²) in [6, 6.07) is 0.333. The first-order chi connectivity index (χ1) is 8.76. The molecular weight excluding hydrogens is 228 g/mol. The normalized spacial score (nSPS) is 34.3. The maximum absolute atomic E-state index is 11.1. The Bertz CT molecular complexity index is 313. The molecule has 4 nitrogen and oxygen atoms in total. The number of hydrogen-bond acceptors (Lipinski definition) is 3. The number of nitrogens with one attached hydrogen (secondary N) is 2. The fraction of sp³-hybridized carbons (Fsp3) is 0.929. The van der Waals surface area contributed by atoms with E-state index < -0.39 is 0 Å². The molecule has 3 aliphatic rings. The fourth-order valence-corrected chi connectivity index (χ4v) is 3.68. The molecule has 0 bridgehead atoms. The van der Waals surface area contributed by atoms with E-state index in [-0.39, 0.29) is 11.5 Å². The second-order valence-electron chi connectivity index (χ2n) is 6.13. The molecule has 2 atom stereocenters. The van der Waals surface area contributed by atoms with Gasteiger partial charge in [0.05, 0.1) is 11.7 Å². The molecule has 0 radical (unpaired) electrons. The van der Waals surface area contributed by atoms with Crippen molar-refractivity contribution >= 4 is 5.91 Å². The van der Waals surface area contributed by atoms with Gasteiger partial charge in [0.1, 0.15) is 0 Å². The zero-order valence-corrected chi connectivity index (χ0v) is 11.0. The third kappa shape index (κ3) is 2.69. The molecule has 0 aromatic rings. The van der Waals surface area contributed by atoms with Gasteiger partial charge in [0, 0.05) is 25.6 Å². The molecule has 4 heteroatoms. The molecule has 3 rings (SSSR count). The van der Waals surface area contributed by atoms with Crippen LogP contribution in [-0.2, 0) is 9.53 Å². The molecule has 2 N–H and O–H groups in total. The second kappa shape index (κ2) is 5.17. The molecule has 0 aromatic carbocycles. The van der Waals surface area contributed by atoms with Crippen LogP contribution in [0.4, 0.5) is 0 Å². The van der Waals surface area contributed by atoms with Gasteiger partial charge in [0.25, 0.3) is 0 Å². The highest BCUT2D eigenvalue weighted by Gasteiger charge is 2.41. The standard InChI is InChI=1S/C14H24N2O2/c17-13-4-3-11(16-13)9-15-10-12-5-8-14(18-12)6-1-2-7-14/h11-12,15H,1-10H2,(H,16,17). The summed E-state index contributed by atoms with van der Waals surface area (Å²) in [7, 11) is 0. The van der Waals surface area contributed by atoms with E-state index >= 15 is 0 Å². The van der Waals surface area contributed by atoms with Crippen LogP contribution in [0.3, 0.4) is 0 Å². The van der Waals surface area contributed by atoms with E-state index in [4.69, 9.17) is 4.74 Å². The minimum Gasteiger partial charge on any atom is -0.370 e. The lowest BCUT2D eigenvalue weighted by atomic mass is 9.98. The average Bonchev–Trinajstić information content (AvgIpc) is 3.05. The summed E-state index contributed by atoms with van der Waals surface area (Å²) in [6.45, 7) is 1.83. The first-order valence-electron chi connectivity index (χ1n) is 7.44. The molecule has 2 saturated heterocycles. The summed E-state index contributed by atoms with van der Waals surface area (Å²) >= 11 is 0. The van der Waals surface area contributed by atoms with E-state index in [2.05, 4.69) is 10.6 Å². The van der Waals surface area contributed by atoms with Gasteiger partial charge in [-0.05, 0) is 32.1 Å². The van der Waals surface area contributed by atoms with Crippen molar-refractivity contribution in [2.45, 2.75) is 69.1 Å². The summed E-state index contributed by atoms with van der Waals surface area (Å²) < 4.78 is 6.25. The van der Waals surface area contributed by atoms with Crippen molar-refractivity contribution in [3.63, 3.8) is 0 Å². The third-order valence-corrected chi connectivity index (χ3v) is 4.70. The molecule has 3 fully saturated rings. The maximum Gasteiger partial charge on any atom is 0.220 e. The quantitative estimate of drug-likeness (QED) is 0.794. The van der Waals surface area contributed by atoms with Crippen LogP contribution in [0.1, 0.15) is 51.4 Å². The zero-order valence-electron chi connectivity index (χ0n) is 11.0. The Balaban J connectivity index is 1.36. The average molecular weight is 252 g/mol. The molecule has 1 amide bonds. The van der Waals surface area contributed by atoms with Crippen LogP contribution in [0.5, 0.6) is 0 Å². The van der Waals surface area contributed by atoms with Gasteiger partial charge in [-0.25, -0.2) is 0 Å². The largest absolute Gasteiger partial charge is 0.370 e. The molecule has 0 aromatic heterocycles. The topological polar surface area (TPSA) is 50.4 Å². The van der Waals surface area contributed by atoms with Gasteiger partial charge < -0.3 is 15.4 Å². The van der Waals surface area contributed by atoms with Gasteiger partial charge in [0.15, 0.2) is 0 Å². The summed E-state index contributed by atoms with van der Waals surface area (Å²) in [4.78, 5) is 11.1. The van der Waals surface area contributed by atoms with Gasteiger partial charge in [-0.2, -0.15) is 0 Å². The minimum absolute atomic E-state index is 0.198. The van der Waals surface area contributed by atoms with E-state index in [1.807, 2.05) is 0 Å². The SMILES string of the molecule is O=C1CCC(CNCC2CCC3(CCCC3)O2)N1. The van der Waals surface area contributed by atoms with Gasteiger partial charge in [0.2, 0.25) is 5.91 Å². The van der Waals surface area contributed by atoms with Crippen molar-refractivity contribution in [2.24, 2.45) is 0 Å². The Kier molecular flexibility index (Phi) is 3.57. The van der Waals surface area contributed by atoms with Crippen LogP contribution >= 0.6 is 0 Å². The van der Waals surface area contributed by atoms with E-state index in [0.717, 1.165) is 19.5 Å². The van der Waals surface area contributed by atoms with Gasteiger partial charge in [-0.1, -0.05) is 12.8 Å². The second-order valence-corrected chi connectivity index (χ2v) is 6.13. The monoisotopic (exact) mass is 252 g/mol. The number of carbonyl (C=O) groups excluding carboxylic acids is 1. The van der Waals surface area contributed by atoms with Crippen LogP contribution in [0.2, 0.25) is 0 Å². The highest BCUT2D eigenvalue weighted by Crippen LogP contribution is 2.43. The molecule has 18 heavy (non-hydrogen) atoms. The molecule has 1 aliphatic carbocycles. The predicted octanol–water partition coefficient (Wildman–Crippen LogP) is 1.35. The third-order valence-electron chi connectivity index (χ3n) is 4.70. The summed E-state index contributed by atoms with van der Waals surface area (Å²) in [5.74, 6) is 0.198. The van der Waals surface area contributed by atoms with Crippen molar-refractivity contribution in [1.82, 2.24) is 10.6 Å². The number of amides is 1. The first-order valence-corrected chi connectivity index (χ1v) is 7.44. The number of rotatable bonds is 4. The van der Waals surface area contributed by atoms with Gasteiger partial charge in [-0.3, -0.25) is 4.79 Å². The lowest BCUT2D eigenvalue weighted by molar-refractivity contribution is -0.119. The van der Waals surface area contributed by atoms with Crippen LogP contribution in [0, 0.1) is 0 Å². The van der Waals surface area contributed by atoms with Crippen molar-refractivity contribution in [3.8, 4) is 0 Å². The number of carbonyl (C=O) groups is 1. The minimum atomic E-state index is 0.198.